The lowest BCUT2D eigenvalue weighted by atomic mass is 9.99. The number of hydrogen-bond acceptors (Lipinski definition) is 2. The van der Waals surface area contributed by atoms with Gasteiger partial charge in [-0.3, -0.25) is 4.34 Å². The molecule has 34 heavy (non-hydrogen) atoms. The van der Waals surface area contributed by atoms with E-state index < -0.39 is 6.42 Å². The highest BCUT2D eigenvalue weighted by atomic mass is 32.4. The fourth-order valence-electron chi connectivity index (χ4n) is 5.02. The molecule has 1 atom stereocenters. The van der Waals surface area contributed by atoms with Gasteiger partial charge in [0.05, 0.1) is 11.0 Å². The molecule has 0 saturated heterocycles. The van der Waals surface area contributed by atoms with E-state index in [0.717, 1.165) is 33.2 Å². The van der Waals surface area contributed by atoms with Gasteiger partial charge in [-0.15, -0.1) is 0 Å². The summed E-state index contributed by atoms with van der Waals surface area (Å²) in [5.41, 5.74) is 6.88. The Balaban J connectivity index is 1.54. The van der Waals surface area contributed by atoms with Crippen LogP contribution in [-0.2, 0) is 11.8 Å². The molecule has 162 valence electrons. The molecule has 4 heteroatoms. The molecule has 5 aromatic carbocycles. The third-order valence-corrected chi connectivity index (χ3v) is 10.2. The van der Waals surface area contributed by atoms with Crippen molar-refractivity contribution in [2.24, 2.45) is 0 Å². The number of rotatable bonds is 3. The fourth-order valence-corrected chi connectivity index (χ4v) is 8.45. The van der Waals surface area contributed by atoms with Crippen molar-refractivity contribution in [1.29, 1.82) is 0 Å². The highest BCUT2D eigenvalue weighted by Gasteiger charge is 2.36. The molecular weight excluding hydrogens is 453 g/mol. The van der Waals surface area contributed by atoms with E-state index in [9.17, 15) is 0 Å². The molecule has 0 amide bonds. The largest absolute Gasteiger partial charge is 0.442 e. The predicted octanol–water partition coefficient (Wildman–Crippen LogP) is 8.00. The molecule has 0 aliphatic carbocycles. The SMILES string of the molecule is S=P1(c2cc(-c3ccccc3)cc(-c3ccccc3)c2)Oc2cccc3c4ccccc4n1c23. The monoisotopic (exact) mass is 473 g/mol. The quantitative estimate of drug-likeness (QED) is 0.242. The molecule has 0 fully saturated rings. The van der Waals surface area contributed by atoms with Gasteiger partial charge in [0.15, 0.2) is 5.75 Å². The van der Waals surface area contributed by atoms with Crippen LogP contribution < -0.4 is 9.83 Å². The van der Waals surface area contributed by atoms with Crippen molar-refractivity contribution in [1.82, 2.24) is 4.34 Å². The number of benzene rings is 5. The summed E-state index contributed by atoms with van der Waals surface area (Å²) in [7, 11) is 0. The Hall–Kier alpha value is -3.65. The number of aromatic nitrogens is 1. The van der Waals surface area contributed by atoms with Crippen LogP contribution in [0.2, 0.25) is 0 Å². The molecule has 0 spiro atoms. The van der Waals surface area contributed by atoms with Crippen molar-refractivity contribution >= 4 is 45.3 Å². The molecule has 1 aliphatic rings. The number of para-hydroxylation sites is 2. The van der Waals surface area contributed by atoms with Crippen LogP contribution in [0.4, 0.5) is 0 Å². The van der Waals surface area contributed by atoms with Crippen molar-refractivity contribution in [3.8, 4) is 28.0 Å². The first-order chi connectivity index (χ1) is 16.7. The standard InChI is InChI=1S/C30H20NOPS/c34-33(31-28-16-8-7-14-26(28)27-15-9-17-29(32-33)30(27)31)25-19-23(21-10-3-1-4-11-21)18-24(20-25)22-12-5-2-6-13-22/h1-20H. The Bertz CT molecular complexity index is 1700. The lowest BCUT2D eigenvalue weighted by Crippen LogP contribution is -2.13. The third-order valence-electron chi connectivity index (χ3n) is 6.58. The van der Waals surface area contributed by atoms with E-state index in [2.05, 4.69) is 107 Å². The zero-order valence-corrected chi connectivity index (χ0v) is 20.0. The molecule has 2 nitrogen and oxygen atoms in total. The van der Waals surface area contributed by atoms with Gasteiger partial charge in [-0.05, 0) is 64.4 Å². The minimum Gasteiger partial charge on any atom is -0.442 e. The summed E-state index contributed by atoms with van der Waals surface area (Å²) in [6, 6.07) is 42.5. The Labute approximate surface area is 203 Å². The second-order valence-corrected chi connectivity index (χ2v) is 12.2. The lowest BCUT2D eigenvalue weighted by molar-refractivity contribution is 0.638. The highest BCUT2D eigenvalue weighted by Crippen LogP contribution is 2.60. The van der Waals surface area contributed by atoms with Gasteiger partial charge in [0.1, 0.15) is 0 Å². The van der Waals surface area contributed by atoms with Crippen molar-refractivity contribution in [2.45, 2.75) is 0 Å². The summed E-state index contributed by atoms with van der Waals surface area (Å²) in [5.74, 6) is 0.878. The van der Waals surface area contributed by atoms with Gasteiger partial charge >= 0.3 is 0 Å². The smallest absolute Gasteiger partial charge is 0.239 e. The molecular formula is C30H20NOPS. The second kappa shape index (κ2) is 7.43. The number of nitrogens with zero attached hydrogens (tertiary/aromatic N) is 1. The van der Waals surface area contributed by atoms with Crippen LogP contribution >= 0.6 is 6.42 Å². The summed E-state index contributed by atoms with van der Waals surface area (Å²) in [5, 5.41) is 3.48. The molecule has 1 aromatic heterocycles. The van der Waals surface area contributed by atoms with Gasteiger partial charge in [0.2, 0.25) is 6.42 Å². The van der Waals surface area contributed by atoms with Crippen molar-refractivity contribution < 1.29 is 4.52 Å². The number of hydrogen-bond donors (Lipinski definition) is 0. The van der Waals surface area contributed by atoms with E-state index in [1.165, 1.54) is 21.9 Å². The van der Waals surface area contributed by atoms with E-state index in [4.69, 9.17) is 16.3 Å². The van der Waals surface area contributed by atoms with Crippen molar-refractivity contribution in [2.75, 3.05) is 0 Å². The van der Waals surface area contributed by atoms with E-state index >= 15 is 0 Å². The first kappa shape index (κ1) is 19.8. The predicted molar refractivity (Wildman–Crippen MR) is 147 cm³/mol. The Morgan fingerprint density at radius 3 is 1.82 bits per heavy atom. The molecule has 0 radical (unpaired) electrons. The molecule has 1 unspecified atom stereocenters. The molecule has 0 N–H and O–H groups in total. The van der Waals surface area contributed by atoms with Gasteiger partial charge in [0, 0.05) is 16.1 Å². The molecule has 1 aliphatic heterocycles. The third kappa shape index (κ3) is 2.84. The van der Waals surface area contributed by atoms with Gasteiger partial charge in [0.25, 0.3) is 0 Å². The van der Waals surface area contributed by atoms with Crippen LogP contribution in [0.5, 0.6) is 5.75 Å². The van der Waals surface area contributed by atoms with Crippen LogP contribution in [-0.4, -0.2) is 4.34 Å². The van der Waals surface area contributed by atoms with E-state index in [1.807, 2.05) is 18.2 Å². The maximum atomic E-state index is 6.72. The zero-order valence-electron chi connectivity index (χ0n) is 18.3. The average Bonchev–Trinajstić information content (AvgIpc) is 3.42. The van der Waals surface area contributed by atoms with Crippen LogP contribution in [0, 0.1) is 0 Å². The van der Waals surface area contributed by atoms with Gasteiger partial charge in [-0.2, -0.15) is 0 Å². The van der Waals surface area contributed by atoms with Gasteiger partial charge in [-0.25, -0.2) is 0 Å². The summed E-state index contributed by atoms with van der Waals surface area (Å²) in [6.45, 7) is 0. The highest BCUT2D eigenvalue weighted by molar-refractivity contribution is 8.15. The minimum absolute atomic E-state index is 0.878. The van der Waals surface area contributed by atoms with Crippen molar-refractivity contribution in [3.63, 3.8) is 0 Å². The normalized spacial score (nSPS) is 16.7. The van der Waals surface area contributed by atoms with Crippen molar-refractivity contribution in [3.05, 3.63) is 121 Å². The second-order valence-electron chi connectivity index (χ2n) is 8.59. The molecule has 2 heterocycles. The summed E-state index contributed by atoms with van der Waals surface area (Å²) >= 11 is 6.50. The first-order valence-electron chi connectivity index (χ1n) is 11.3. The van der Waals surface area contributed by atoms with Crippen LogP contribution in [0.25, 0.3) is 44.1 Å². The summed E-state index contributed by atoms with van der Waals surface area (Å²) in [6.07, 6.45) is -2.62. The molecule has 0 bridgehead atoms. The lowest BCUT2D eigenvalue weighted by Gasteiger charge is -2.22. The van der Waals surface area contributed by atoms with Crippen LogP contribution in [0.15, 0.2) is 121 Å². The van der Waals surface area contributed by atoms with E-state index in [0.29, 0.717) is 0 Å². The molecule has 7 rings (SSSR count). The average molecular weight is 474 g/mol. The zero-order chi connectivity index (χ0) is 22.7. The van der Waals surface area contributed by atoms with E-state index in [1.54, 1.807) is 0 Å². The molecule has 6 aromatic rings. The first-order valence-corrected chi connectivity index (χ1v) is 14.0. The maximum Gasteiger partial charge on any atom is 0.239 e. The Morgan fingerprint density at radius 1 is 0.559 bits per heavy atom. The van der Waals surface area contributed by atoms with E-state index in [-0.39, 0.29) is 0 Å². The Morgan fingerprint density at radius 2 is 1.15 bits per heavy atom. The summed E-state index contributed by atoms with van der Waals surface area (Å²) in [4.78, 5) is 0. The minimum atomic E-state index is -2.62. The Kier molecular flexibility index (Phi) is 4.32. The topological polar surface area (TPSA) is 14.2 Å². The van der Waals surface area contributed by atoms with Crippen LogP contribution in [0.1, 0.15) is 0 Å². The summed E-state index contributed by atoms with van der Waals surface area (Å²) < 4.78 is 9.02. The number of fused-ring (bicyclic) bond motifs is 3. The fraction of sp³-hybridized carbons (Fsp3) is 0. The van der Waals surface area contributed by atoms with Gasteiger partial charge < -0.3 is 4.52 Å². The van der Waals surface area contributed by atoms with Gasteiger partial charge in [-0.1, -0.05) is 91.0 Å². The maximum absolute atomic E-state index is 6.72. The molecule has 0 saturated carbocycles. The van der Waals surface area contributed by atoms with Crippen LogP contribution in [0.3, 0.4) is 0 Å².